The number of rotatable bonds is 4. The van der Waals surface area contributed by atoms with Crippen LogP contribution in [0.5, 0.6) is 0 Å². The van der Waals surface area contributed by atoms with E-state index in [0.29, 0.717) is 28.7 Å². The molecule has 0 unspecified atom stereocenters. The van der Waals surface area contributed by atoms with Crippen LogP contribution >= 0.6 is 0 Å². The monoisotopic (exact) mass is 442 g/mol. The molecule has 0 bridgehead atoms. The second-order valence-electron chi connectivity index (χ2n) is 8.26. The number of hydrogen-bond donors (Lipinski definition) is 0. The predicted molar refractivity (Wildman–Crippen MR) is 125 cm³/mol. The number of nitrogens with zero attached hydrogens (tertiary/aromatic N) is 4. The molecule has 7 heteroatoms. The van der Waals surface area contributed by atoms with Crippen LogP contribution in [0, 0.1) is 33.5 Å². The fraction of sp³-hybridized carbons (Fsp3) is 0.192. The van der Waals surface area contributed by atoms with Gasteiger partial charge in [-0.15, -0.1) is 0 Å². The van der Waals surface area contributed by atoms with E-state index < -0.39 is 0 Å². The van der Waals surface area contributed by atoms with E-state index in [1.807, 2.05) is 52.0 Å². The van der Waals surface area contributed by atoms with Gasteiger partial charge in [-0.1, -0.05) is 24.3 Å². The molecular formula is C26H23FN4O2. The minimum atomic E-state index is -0.370. The average Bonchev–Trinajstić information content (AvgIpc) is 3.31. The summed E-state index contributed by atoms with van der Waals surface area (Å²) in [5, 5.41) is 5.50. The van der Waals surface area contributed by atoms with Crippen LogP contribution < -0.4 is 5.56 Å². The minimum Gasteiger partial charge on any atom is -0.441 e. The summed E-state index contributed by atoms with van der Waals surface area (Å²) in [5.41, 5.74) is 5.17. The van der Waals surface area contributed by atoms with Crippen molar-refractivity contribution in [3.63, 3.8) is 0 Å². The Morgan fingerprint density at radius 1 is 0.970 bits per heavy atom. The van der Waals surface area contributed by atoms with Gasteiger partial charge >= 0.3 is 0 Å². The molecule has 6 nitrogen and oxygen atoms in total. The van der Waals surface area contributed by atoms with Crippen molar-refractivity contribution in [1.82, 2.24) is 19.3 Å². The van der Waals surface area contributed by atoms with Gasteiger partial charge < -0.3 is 4.42 Å². The summed E-state index contributed by atoms with van der Waals surface area (Å²) in [7, 11) is 0. The molecule has 33 heavy (non-hydrogen) atoms. The number of oxazole rings is 1. The lowest BCUT2D eigenvalue weighted by atomic mass is 10.1. The van der Waals surface area contributed by atoms with Crippen molar-refractivity contribution in [2.75, 3.05) is 0 Å². The Bertz CT molecular complexity index is 1580. The van der Waals surface area contributed by atoms with Gasteiger partial charge in [-0.2, -0.15) is 5.10 Å². The molecule has 3 aromatic heterocycles. The lowest BCUT2D eigenvalue weighted by molar-refractivity contribution is 0.537. The van der Waals surface area contributed by atoms with Crippen molar-refractivity contribution in [3.8, 4) is 17.1 Å². The molecule has 5 rings (SSSR count). The zero-order valence-corrected chi connectivity index (χ0v) is 18.9. The first-order valence-electron chi connectivity index (χ1n) is 10.7. The quantitative estimate of drug-likeness (QED) is 0.381. The van der Waals surface area contributed by atoms with Crippen molar-refractivity contribution < 1.29 is 8.81 Å². The Labute approximate surface area is 189 Å². The molecule has 0 fully saturated rings. The highest BCUT2D eigenvalue weighted by Crippen LogP contribution is 2.27. The largest absolute Gasteiger partial charge is 0.441 e. The van der Waals surface area contributed by atoms with Crippen molar-refractivity contribution in [1.29, 1.82) is 0 Å². The summed E-state index contributed by atoms with van der Waals surface area (Å²) in [4.78, 5) is 17.9. The van der Waals surface area contributed by atoms with E-state index in [4.69, 9.17) is 9.40 Å². The summed E-state index contributed by atoms with van der Waals surface area (Å²) in [6.07, 6.45) is 0. The maximum absolute atomic E-state index is 14.0. The number of benzene rings is 2. The van der Waals surface area contributed by atoms with Crippen molar-refractivity contribution in [2.24, 2.45) is 0 Å². The lowest BCUT2D eigenvalue weighted by Crippen LogP contribution is -2.23. The van der Waals surface area contributed by atoms with Gasteiger partial charge in [-0.25, -0.2) is 14.1 Å². The van der Waals surface area contributed by atoms with Gasteiger partial charge in [0.2, 0.25) is 5.89 Å². The summed E-state index contributed by atoms with van der Waals surface area (Å²) in [6.45, 7) is 7.82. The van der Waals surface area contributed by atoms with Crippen LogP contribution in [0.15, 0.2) is 63.8 Å². The van der Waals surface area contributed by atoms with E-state index in [-0.39, 0.29) is 17.9 Å². The Hall–Kier alpha value is -4.00. The number of fused-ring (bicyclic) bond motifs is 1. The highest BCUT2D eigenvalue weighted by molar-refractivity contribution is 5.83. The lowest BCUT2D eigenvalue weighted by Gasteiger charge is -2.11. The third-order valence-electron chi connectivity index (χ3n) is 5.92. The molecule has 0 atom stereocenters. The summed E-state index contributed by atoms with van der Waals surface area (Å²) < 4.78 is 23.2. The van der Waals surface area contributed by atoms with Gasteiger partial charge in [0.1, 0.15) is 22.9 Å². The van der Waals surface area contributed by atoms with E-state index >= 15 is 0 Å². The average molecular weight is 442 g/mol. The molecule has 0 aliphatic heterocycles. The molecule has 5 aromatic rings. The summed E-state index contributed by atoms with van der Waals surface area (Å²) in [5.74, 6) is 0.791. The zero-order valence-electron chi connectivity index (χ0n) is 18.9. The predicted octanol–water partition coefficient (Wildman–Crippen LogP) is 5.26. The van der Waals surface area contributed by atoms with Crippen molar-refractivity contribution in [3.05, 3.63) is 99.0 Å². The number of aryl methyl sites for hydroxylation is 4. The first-order chi connectivity index (χ1) is 15.8. The normalized spacial score (nSPS) is 11.4. The highest BCUT2D eigenvalue weighted by atomic mass is 19.1. The second-order valence-corrected chi connectivity index (χ2v) is 8.26. The minimum absolute atomic E-state index is 0.183. The Balaban J connectivity index is 1.70. The van der Waals surface area contributed by atoms with Crippen LogP contribution in [0.25, 0.3) is 28.2 Å². The number of aromatic nitrogens is 4. The van der Waals surface area contributed by atoms with Crippen molar-refractivity contribution in [2.45, 2.75) is 34.2 Å². The molecule has 0 saturated carbocycles. The Morgan fingerprint density at radius 3 is 2.52 bits per heavy atom. The molecule has 3 heterocycles. The van der Waals surface area contributed by atoms with E-state index in [1.54, 1.807) is 27.4 Å². The van der Waals surface area contributed by atoms with Crippen LogP contribution in [0.2, 0.25) is 0 Å². The van der Waals surface area contributed by atoms with E-state index in [2.05, 4.69) is 5.10 Å². The van der Waals surface area contributed by atoms with Crippen LogP contribution in [0.1, 0.15) is 28.3 Å². The molecule has 2 aromatic carbocycles. The molecular weight excluding hydrogens is 419 g/mol. The number of pyridine rings is 1. The summed E-state index contributed by atoms with van der Waals surface area (Å²) >= 11 is 0. The summed E-state index contributed by atoms with van der Waals surface area (Å²) in [6, 6.07) is 15.7. The first-order valence-corrected chi connectivity index (χ1v) is 10.7. The van der Waals surface area contributed by atoms with Crippen LogP contribution in [-0.4, -0.2) is 19.3 Å². The highest BCUT2D eigenvalue weighted by Gasteiger charge is 2.20. The molecule has 166 valence electrons. The van der Waals surface area contributed by atoms with Gasteiger partial charge in [0.05, 0.1) is 17.9 Å². The molecule has 0 spiro atoms. The molecule has 0 N–H and O–H groups in total. The third kappa shape index (κ3) is 3.55. The molecule has 0 saturated heterocycles. The van der Waals surface area contributed by atoms with Gasteiger partial charge in [0, 0.05) is 17.0 Å². The zero-order chi connectivity index (χ0) is 23.3. The van der Waals surface area contributed by atoms with Gasteiger partial charge in [0.25, 0.3) is 5.56 Å². The fourth-order valence-corrected chi connectivity index (χ4v) is 4.26. The Kier molecular flexibility index (Phi) is 4.96. The maximum Gasteiger partial charge on any atom is 0.252 e. The van der Waals surface area contributed by atoms with E-state index in [0.717, 1.165) is 27.8 Å². The van der Waals surface area contributed by atoms with E-state index in [9.17, 15) is 9.18 Å². The molecule has 0 radical (unpaired) electrons. The number of hydrogen-bond acceptors (Lipinski definition) is 4. The Morgan fingerprint density at radius 2 is 1.76 bits per heavy atom. The van der Waals surface area contributed by atoms with Gasteiger partial charge in [0.15, 0.2) is 0 Å². The van der Waals surface area contributed by atoms with Crippen LogP contribution in [0.4, 0.5) is 4.39 Å². The SMILES string of the molecule is Cc1ccccc1-c1nc(Cn2c(=O)cc(C)c3c(C)nn(-c4cccc(F)c4)c32)c(C)o1. The molecule has 0 amide bonds. The third-order valence-corrected chi connectivity index (χ3v) is 5.92. The van der Waals surface area contributed by atoms with Gasteiger partial charge in [-0.3, -0.25) is 9.36 Å². The van der Waals surface area contributed by atoms with E-state index in [1.165, 1.54) is 12.1 Å². The second kappa shape index (κ2) is 7.85. The topological polar surface area (TPSA) is 65.8 Å². The first kappa shape index (κ1) is 20.9. The molecule has 0 aliphatic carbocycles. The molecule has 0 aliphatic rings. The van der Waals surface area contributed by atoms with Crippen molar-refractivity contribution >= 4 is 11.0 Å². The van der Waals surface area contributed by atoms with Crippen LogP contribution in [-0.2, 0) is 6.54 Å². The van der Waals surface area contributed by atoms with Gasteiger partial charge in [-0.05, 0) is 63.1 Å². The maximum atomic E-state index is 14.0. The smallest absolute Gasteiger partial charge is 0.252 e. The van der Waals surface area contributed by atoms with Crippen LogP contribution in [0.3, 0.4) is 0 Å². The standard InChI is InChI=1S/C26H23FN4O2/c1-15-8-5-6-11-21(15)25-28-22(18(4)33-25)14-30-23(32)12-16(2)24-17(3)29-31(26(24)30)20-10-7-9-19(27)13-20/h5-13H,14H2,1-4H3. The fourth-order valence-electron chi connectivity index (χ4n) is 4.26. The number of halogens is 1.